The molecule has 22 heavy (non-hydrogen) atoms. The summed E-state index contributed by atoms with van der Waals surface area (Å²) in [5, 5.41) is 0. The molecule has 2 N–H and O–H groups in total. The summed E-state index contributed by atoms with van der Waals surface area (Å²) in [6, 6.07) is 0.198. The van der Waals surface area contributed by atoms with E-state index in [1.807, 2.05) is 0 Å². The fourth-order valence-corrected chi connectivity index (χ4v) is 3.63. The Morgan fingerprint density at radius 2 is 2.05 bits per heavy atom. The largest absolute Gasteiger partial charge is 0.433 e. The number of aromatic nitrogens is 2. The van der Waals surface area contributed by atoms with Crippen molar-refractivity contribution >= 4 is 11.9 Å². The van der Waals surface area contributed by atoms with Crippen molar-refractivity contribution in [3.8, 4) is 0 Å². The summed E-state index contributed by atoms with van der Waals surface area (Å²) < 4.78 is 38.5. The van der Waals surface area contributed by atoms with Crippen LogP contribution in [0.4, 0.5) is 19.1 Å². The third kappa shape index (κ3) is 2.62. The van der Waals surface area contributed by atoms with Gasteiger partial charge in [-0.25, -0.2) is 9.97 Å². The van der Waals surface area contributed by atoms with Crippen molar-refractivity contribution < 1.29 is 18.0 Å². The van der Waals surface area contributed by atoms with Crippen LogP contribution < -0.4 is 10.6 Å². The zero-order valence-electron chi connectivity index (χ0n) is 11.9. The summed E-state index contributed by atoms with van der Waals surface area (Å²) >= 11 is 0. The molecule has 2 aliphatic rings. The molecule has 0 bridgehead atoms. The Kier molecular flexibility index (Phi) is 3.70. The van der Waals surface area contributed by atoms with E-state index in [0.717, 1.165) is 37.9 Å². The number of nitrogens with zero attached hydrogens (tertiary/aromatic N) is 3. The Morgan fingerprint density at radius 1 is 1.32 bits per heavy atom. The lowest BCUT2D eigenvalue weighted by Crippen LogP contribution is -2.46. The predicted molar refractivity (Wildman–Crippen MR) is 72.9 cm³/mol. The number of alkyl halides is 3. The van der Waals surface area contributed by atoms with Crippen LogP contribution in [0.5, 0.6) is 0 Å². The van der Waals surface area contributed by atoms with Crippen molar-refractivity contribution in [1.29, 1.82) is 0 Å². The van der Waals surface area contributed by atoms with E-state index in [-0.39, 0.29) is 17.9 Å². The molecular weight excluding hydrogens is 297 g/mol. The number of hydrogen-bond donors (Lipinski definition) is 1. The van der Waals surface area contributed by atoms with E-state index in [9.17, 15) is 18.0 Å². The van der Waals surface area contributed by atoms with Gasteiger partial charge in [-0.3, -0.25) is 4.79 Å². The van der Waals surface area contributed by atoms with Gasteiger partial charge >= 0.3 is 6.18 Å². The van der Waals surface area contributed by atoms with Gasteiger partial charge in [-0.2, -0.15) is 13.2 Å². The van der Waals surface area contributed by atoms with E-state index in [0.29, 0.717) is 6.42 Å². The Bertz CT molecular complexity index is 577. The SMILES string of the molecule is NC(=O)[C@@H]1C[C@H]2CCCC[C@@H]2N1c1nccc(C(F)(F)F)n1. The number of carbonyl (C=O) groups excluding carboxylic acids is 1. The van der Waals surface area contributed by atoms with Crippen LogP contribution in [-0.4, -0.2) is 28.0 Å². The van der Waals surface area contributed by atoms with Crippen LogP contribution in [0.25, 0.3) is 0 Å². The van der Waals surface area contributed by atoms with Gasteiger partial charge in [-0.05, 0) is 31.2 Å². The van der Waals surface area contributed by atoms with E-state index in [1.165, 1.54) is 0 Å². The maximum atomic E-state index is 12.8. The van der Waals surface area contributed by atoms with Crippen molar-refractivity contribution in [3.63, 3.8) is 0 Å². The van der Waals surface area contributed by atoms with Gasteiger partial charge in [0.05, 0.1) is 0 Å². The van der Waals surface area contributed by atoms with Crippen molar-refractivity contribution in [3.05, 3.63) is 18.0 Å². The van der Waals surface area contributed by atoms with Crippen LogP contribution in [-0.2, 0) is 11.0 Å². The summed E-state index contributed by atoms with van der Waals surface area (Å²) in [6.07, 6.45) is 0.967. The molecule has 0 unspecified atom stereocenters. The molecule has 2 heterocycles. The van der Waals surface area contributed by atoms with Gasteiger partial charge in [0, 0.05) is 12.2 Å². The first kappa shape index (κ1) is 15.1. The molecule has 3 atom stereocenters. The van der Waals surface area contributed by atoms with Gasteiger partial charge in [0.2, 0.25) is 11.9 Å². The Morgan fingerprint density at radius 3 is 2.73 bits per heavy atom. The summed E-state index contributed by atoms with van der Waals surface area (Å²) in [5.41, 5.74) is 4.45. The molecule has 0 aromatic carbocycles. The minimum Gasteiger partial charge on any atom is -0.368 e. The van der Waals surface area contributed by atoms with E-state index in [1.54, 1.807) is 4.90 Å². The number of amides is 1. The molecule has 5 nitrogen and oxygen atoms in total. The van der Waals surface area contributed by atoms with E-state index >= 15 is 0 Å². The average Bonchev–Trinajstić information content (AvgIpc) is 2.86. The third-order valence-electron chi connectivity index (χ3n) is 4.58. The molecule has 0 spiro atoms. The lowest BCUT2D eigenvalue weighted by atomic mass is 9.85. The molecule has 3 rings (SSSR count). The highest BCUT2D eigenvalue weighted by Gasteiger charge is 2.46. The maximum absolute atomic E-state index is 12.8. The van der Waals surface area contributed by atoms with Crippen LogP contribution in [0, 0.1) is 5.92 Å². The van der Waals surface area contributed by atoms with Crippen molar-refractivity contribution in [2.75, 3.05) is 4.90 Å². The molecule has 1 aliphatic carbocycles. The number of rotatable bonds is 2. The molecule has 2 fully saturated rings. The smallest absolute Gasteiger partial charge is 0.368 e. The van der Waals surface area contributed by atoms with Crippen molar-refractivity contribution in [1.82, 2.24) is 9.97 Å². The number of primary amides is 1. The Hall–Kier alpha value is -1.86. The van der Waals surface area contributed by atoms with Gasteiger partial charge in [-0.1, -0.05) is 12.8 Å². The molecular formula is C14H17F3N4O. The number of halogens is 3. The van der Waals surface area contributed by atoms with E-state index < -0.39 is 23.8 Å². The van der Waals surface area contributed by atoms with Gasteiger partial charge in [-0.15, -0.1) is 0 Å². The number of anilines is 1. The monoisotopic (exact) mass is 314 g/mol. The normalized spacial score (nSPS) is 28.5. The lowest BCUT2D eigenvalue weighted by Gasteiger charge is -2.33. The molecule has 1 aromatic rings. The second-order valence-electron chi connectivity index (χ2n) is 5.91. The van der Waals surface area contributed by atoms with Gasteiger partial charge in [0.25, 0.3) is 0 Å². The molecule has 1 aromatic heterocycles. The second-order valence-corrected chi connectivity index (χ2v) is 5.91. The first-order chi connectivity index (χ1) is 10.4. The van der Waals surface area contributed by atoms with Gasteiger partial charge in [0.1, 0.15) is 11.7 Å². The fourth-order valence-electron chi connectivity index (χ4n) is 3.63. The standard InChI is InChI=1S/C14H17F3N4O/c15-14(16,17)11-5-6-19-13(20-11)21-9-4-2-1-3-8(9)7-10(21)12(18)22/h5-6,8-10H,1-4,7H2,(H2,18,22)/t8-,9+,10+/m1/s1. The van der Waals surface area contributed by atoms with Crippen LogP contribution in [0.1, 0.15) is 37.8 Å². The summed E-state index contributed by atoms with van der Waals surface area (Å²) in [7, 11) is 0. The Balaban J connectivity index is 1.98. The first-order valence-corrected chi connectivity index (χ1v) is 7.36. The molecule has 8 heteroatoms. The van der Waals surface area contributed by atoms with Crippen LogP contribution >= 0.6 is 0 Å². The quantitative estimate of drug-likeness (QED) is 0.907. The second kappa shape index (κ2) is 5.40. The molecule has 120 valence electrons. The number of hydrogen-bond acceptors (Lipinski definition) is 4. The topological polar surface area (TPSA) is 72.1 Å². The fraction of sp³-hybridized carbons (Fsp3) is 0.643. The van der Waals surface area contributed by atoms with E-state index in [2.05, 4.69) is 9.97 Å². The molecule has 0 radical (unpaired) electrons. The Labute approximate surface area is 125 Å². The predicted octanol–water partition coefficient (Wildman–Crippen LogP) is 2.12. The van der Waals surface area contributed by atoms with Crippen LogP contribution in [0.3, 0.4) is 0 Å². The highest BCUT2D eigenvalue weighted by Crippen LogP contribution is 2.41. The third-order valence-corrected chi connectivity index (χ3v) is 4.58. The first-order valence-electron chi connectivity index (χ1n) is 7.36. The summed E-state index contributed by atoms with van der Waals surface area (Å²) in [4.78, 5) is 20.9. The summed E-state index contributed by atoms with van der Waals surface area (Å²) in [6.45, 7) is 0. The highest BCUT2D eigenvalue weighted by atomic mass is 19.4. The maximum Gasteiger partial charge on any atom is 0.433 e. The van der Waals surface area contributed by atoms with Crippen LogP contribution in [0.15, 0.2) is 12.3 Å². The highest BCUT2D eigenvalue weighted by molar-refractivity contribution is 5.84. The zero-order valence-corrected chi connectivity index (χ0v) is 11.9. The van der Waals surface area contributed by atoms with Crippen molar-refractivity contribution in [2.45, 2.75) is 50.4 Å². The molecule has 1 saturated carbocycles. The average molecular weight is 314 g/mol. The van der Waals surface area contributed by atoms with Gasteiger partial charge < -0.3 is 10.6 Å². The molecule has 1 saturated heterocycles. The molecule has 1 amide bonds. The van der Waals surface area contributed by atoms with Crippen LogP contribution in [0.2, 0.25) is 0 Å². The number of nitrogens with two attached hydrogens (primary N) is 1. The minimum atomic E-state index is -4.54. The molecule has 1 aliphatic heterocycles. The van der Waals surface area contributed by atoms with Crippen molar-refractivity contribution in [2.24, 2.45) is 11.7 Å². The lowest BCUT2D eigenvalue weighted by molar-refractivity contribution is -0.141. The minimum absolute atomic E-state index is 0.00488. The number of carbonyl (C=O) groups is 1. The number of fused-ring (bicyclic) bond motifs is 1. The van der Waals surface area contributed by atoms with E-state index in [4.69, 9.17) is 5.73 Å². The zero-order chi connectivity index (χ0) is 15.9. The summed E-state index contributed by atoms with van der Waals surface area (Å²) in [5.74, 6) is -0.312. The van der Waals surface area contributed by atoms with Gasteiger partial charge in [0.15, 0.2) is 0 Å².